The van der Waals surface area contributed by atoms with E-state index in [4.69, 9.17) is 0 Å². The molecule has 0 atom stereocenters. The van der Waals surface area contributed by atoms with Gasteiger partial charge in [0.15, 0.2) is 5.96 Å². The van der Waals surface area contributed by atoms with Crippen molar-refractivity contribution >= 4 is 51.8 Å². The molecule has 2 N–H and O–H groups in total. The molecule has 0 spiro atoms. The van der Waals surface area contributed by atoms with Crippen LogP contribution < -0.4 is 10.6 Å². The molecule has 0 saturated heterocycles. The fourth-order valence-corrected chi connectivity index (χ4v) is 3.97. The highest BCUT2D eigenvalue weighted by Gasteiger charge is 2.45. The van der Waals surface area contributed by atoms with Gasteiger partial charge in [-0.25, -0.2) is 0 Å². The summed E-state index contributed by atoms with van der Waals surface area (Å²) in [5, 5.41) is 6.83. The fourth-order valence-electron chi connectivity index (χ4n) is 3.27. The topological polar surface area (TPSA) is 56.7 Å². The van der Waals surface area contributed by atoms with Crippen molar-refractivity contribution in [3.05, 3.63) is 69.7 Å². The normalized spacial score (nSPS) is 14.6. The molecule has 1 aliphatic carbocycles. The van der Waals surface area contributed by atoms with Gasteiger partial charge < -0.3 is 15.5 Å². The van der Waals surface area contributed by atoms with Gasteiger partial charge in [-0.2, -0.15) is 0 Å². The molecule has 29 heavy (non-hydrogen) atoms. The smallest absolute Gasteiger partial charge is 0.253 e. The molecule has 1 aliphatic rings. The zero-order valence-electron chi connectivity index (χ0n) is 17.0. The number of guanidine groups is 1. The molecule has 1 fully saturated rings. The molecule has 0 unspecified atom stereocenters. The van der Waals surface area contributed by atoms with Crippen molar-refractivity contribution in [1.29, 1.82) is 0 Å². The van der Waals surface area contributed by atoms with E-state index in [1.54, 1.807) is 26.0 Å². The van der Waals surface area contributed by atoms with Crippen LogP contribution in [0, 0.1) is 0 Å². The maximum Gasteiger partial charge on any atom is 0.253 e. The zero-order chi connectivity index (χ0) is 20.1. The Balaban J connectivity index is 0.00000300. The third kappa shape index (κ3) is 5.94. The first-order valence-corrected chi connectivity index (χ1v) is 10.2. The first-order valence-electron chi connectivity index (χ1n) is 9.45. The number of nitrogens with one attached hydrogen (secondary N) is 2. The highest BCUT2D eigenvalue weighted by Crippen LogP contribution is 2.49. The fraction of sp³-hybridized carbons (Fsp3) is 0.364. The number of benzene rings is 2. The molecule has 5 nitrogen and oxygen atoms in total. The van der Waals surface area contributed by atoms with Crippen LogP contribution >= 0.6 is 39.9 Å². The lowest BCUT2D eigenvalue weighted by Crippen LogP contribution is -2.41. The first-order chi connectivity index (χ1) is 13.4. The van der Waals surface area contributed by atoms with Crippen molar-refractivity contribution in [2.75, 3.05) is 27.7 Å². The van der Waals surface area contributed by atoms with E-state index in [0.717, 1.165) is 18.1 Å². The highest BCUT2D eigenvalue weighted by atomic mass is 127. The molecule has 1 saturated carbocycles. The Hall–Kier alpha value is -1.61. The van der Waals surface area contributed by atoms with Crippen molar-refractivity contribution in [2.24, 2.45) is 4.99 Å². The number of aliphatic imine (C=N–C) groups is 1. The Kier molecular flexibility index (Phi) is 8.51. The molecule has 0 radical (unpaired) electrons. The molecular formula is C22H28BrIN4O. The van der Waals surface area contributed by atoms with Crippen LogP contribution in [0.15, 0.2) is 58.0 Å². The molecule has 0 aliphatic heterocycles. The molecule has 0 heterocycles. The summed E-state index contributed by atoms with van der Waals surface area (Å²) in [5.41, 5.74) is 3.34. The van der Waals surface area contributed by atoms with Gasteiger partial charge in [0.2, 0.25) is 0 Å². The number of amides is 1. The largest absolute Gasteiger partial charge is 0.356 e. The quantitative estimate of drug-likeness (QED) is 0.311. The minimum absolute atomic E-state index is 0. The average Bonchev–Trinajstić information content (AvgIpc) is 3.49. The van der Waals surface area contributed by atoms with Crippen LogP contribution in [-0.2, 0) is 12.0 Å². The highest BCUT2D eigenvalue weighted by molar-refractivity contribution is 14.0. The minimum atomic E-state index is 0. The second kappa shape index (κ2) is 10.4. The van der Waals surface area contributed by atoms with E-state index in [1.807, 2.05) is 24.3 Å². The number of rotatable bonds is 6. The lowest BCUT2D eigenvalue weighted by molar-refractivity contribution is 0.0827. The summed E-state index contributed by atoms with van der Waals surface area (Å²) in [6, 6.07) is 16.1. The van der Waals surface area contributed by atoms with Gasteiger partial charge in [0.1, 0.15) is 0 Å². The van der Waals surface area contributed by atoms with Crippen LogP contribution in [0.4, 0.5) is 0 Å². The number of nitrogens with zero attached hydrogens (tertiary/aromatic N) is 2. The summed E-state index contributed by atoms with van der Waals surface area (Å²) in [5.74, 6) is 0.797. The molecule has 3 rings (SSSR count). The summed E-state index contributed by atoms with van der Waals surface area (Å²) in [4.78, 5) is 17.9. The Morgan fingerprint density at radius 3 is 2.31 bits per heavy atom. The molecule has 7 heteroatoms. The number of carbonyl (C=O) groups excluding carboxylic acids is 1. The number of carbonyl (C=O) groups is 1. The van der Waals surface area contributed by atoms with Gasteiger partial charge in [-0.3, -0.25) is 9.79 Å². The van der Waals surface area contributed by atoms with Crippen LogP contribution in [0.5, 0.6) is 0 Å². The lowest BCUT2D eigenvalue weighted by Gasteiger charge is -2.20. The summed E-state index contributed by atoms with van der Waals surface area (Å²) in [6.45, 7) is 1.50. The second-order valence-electron chi connectivity index (χ2n) is 7.44. The average molecular weight is 571 g/mol. The van der Waals surface area contributed by atoms with Crippen LogP contribution in [0.3, 0.4) is 0 Å². The number of hydrogen-bond acceptors (Lipinski definition) is 2. The maximum absolute atomic E-state index is 12.0. The van der Waals surface area contributed by atoms with Gasteiger partial charge >= 0.3 is 0 Å². The maximum atomic E-state index is 12.0. The molecular weight excluding hydrogens is 543 g/mol. The van der Waals surface area contributed by atoms with Crippen LogP contribution in [0.25, 0.3) is 0 Å². The Labute approximate surface area is 198 Å². The predicted octanol–water partition coefficient (Wildman–Crippen LogP) is 4.17. The standard InChI is InChI=1S/C22H27BrN4O.HI/c1-24-21(25-14-16-8-10-17(11-9-16)20(28)27(2)3)26-15-22(12-13-22)18-6-4-5-7-19(18)23;/h4-11H,12-15H2,1-3H3,(H2,24,25,26);1H. The Bertz CT molecular complexity index is 863. The molecule has 0 aromatic heterocycles. The van der Waals surface area contributed by atoms with Gasteiger partial charge in [-0.1, -0.05) is 46.3 Å². The number of halogens is 2. The molecule has 2 aromatic rings. The SMILES string of the molecule is CN=C(NCc1ccc(C(=O)N(C)C)cc1)NCC1(c2ccccc2Br)CC1.I. The lowest BCUT2D eigenvalue weighted by atomic mass is 9.96. The van der Waals surface area contributed by atoms with Gasteiger partial charge in [-0.15, -0.1) is 24.0 Å². The first kappa shape index (κ1) is 23.7. The zero-order valence-corrected chi connectivity index (χ0v) is 21.0. The Morgan fingerprint density at radius 2 is 1.76 bits per heavy atom. The van der Waals surface area contributed by atoms with Crippen molar-refractivity contribution < 1.29 is 4.79 Å². The van der Waals surface area contributed by atoms with Crippen molar-refractivity contribution in [3.63, 3.8) is 0 Å². The van der Waals surface area contributed by atoms with E-state index >= 15 is 0 Å². The van der Waals surface area contributed by atoms with Gasteiger partial charge in [0.25, 0.3) is 5.91 Å². The third-order valence-corrected chi connectivity index (χ3v) is 5.88. The third-order valence-electron chi connectivity index (χ3n) is 5.18. The van der Waals surface area contributed by atoms with Crippen molar-refractivity contribution in [2.45, 2.75) is 24.8 Å². The molecule has 156 valence electrons. The van der Waals surface area contributed by atoms with E-state index in [0.29, 0.717) is 12.1 Å². The summed E-state index contributed by atoms with van der Waals surface area (Å²) in [6.07, 6.45) is 2.36. The summed E-state index contributed by atoms with van der Waals surface area (Å²) >= 11 is 3.68. The van der Waals surface area contributed by atoms with E-state index < -0.39 is 0 Å². The van der Waals surface area contributed by atoms with Crippen molar-refractivity contribution in [1.82, 2.24) is 15.5 Å². The van der Waals surface area contributed by atoms with Crippen LogP contribution in [0.2, 0.25) is 0 Å². The molecule has 1 amide bonds. The van der Waals surface area contributed by atoms with Crippen LogP contribution in [-0.4, -0.2) is 44.5 Å². The van der Waals surface area contributed by atoms with E-state index in [2.05, 4.69) is 55.8 Å². The second-order valence-corrected chi connectivity index (χ2v) is 8.29. The number of hydrogen-bond donors (Lipinski definition) is 2. The van der Waals surface area contributed by atoms with E-state index in [9.17, 15) is 4.79 Å². The van der Waals surface area contributed by atoms with Gasteiger partial charge in [0.05, 0.1) is 0 Å². The molecule has 2 aromatic carbocycles. The van der Waals surface area contributed by atoms with E-state index in [1.165, 1.54) is 22.9 Å². The van der Waals surface area contributed by atoms with Gasteiger partial charge in [-0.05, 0) is 42.2 Å². The summed E-state index contributed by atoms with van der Waals surface area (Å²) < 4.78 is 1.17. The summed E-state index contributed by atoms with van der Waals surface area (Å²) in [7, 11) is 5.30. The molecule has 0 bridgehead atoms. The van der Waals surface area contributed by atoms with Crippen molar-refractivity contribution in [3.8, 4) is 0 Å². The van der Waals surface area contributed by atoms with Gasteiger partial charge in [0, 0.05) is 49.7 Å². The Morgan fingerprint density at radius 1 is 1.10 bits per heavy atom. The minimum Gasteiger partial charge on any atom is -0.356 e. The predicted molar refractivity (Wildman–Crippen MR) is 133 cm³/mol. The monoisotopic (exact) mass is 570 g/mol. The van der Waals surface area contributed by atoms with Crippen LogP contribution in [0.1, 0.15) is 34.3 Å². The van der Waals surface area contributed by atoms with E-state index in [-0.39, 0.29) is 35.3 Å².